The van der Waals surface area contributed by atoms with Crippen LogP contribution in [0.3, 0.4) is 0 Å². The van der Waals surface area contributed by atoms with E-state index in [1.165, 1.54) is 22.5 Å². The number of nitrogens with zero attached hydrogens (tertiary/aromatic N) is 1. The molecule has 0 fully saturated rings. The summed E-state index contributed by atoms with van der Waals surface area (Å²) >= 11 is 1.79. The average Bonchev–Trinajstić information content (AvgIpc) is 2.68. The van der Waals surface area contributed by atoms with Crippen molar-refractivity contribution in [3.63, 3.8) is 0 Å². The second-order valence-corrected chi connectivity index (χ2v) is 5.69. The van der Waals surface area contributed by atoms with Crippen molar-refractivity contribution in [2.24, 2.45) is 4.99 Å². The number of benzene rings is 2. The van der Waals surface area contributed by atoms with Gasteiger partial charge in [0, 0.05) is 18.0 Å². The van der Waals surface area contributed by atoms with Gasteiger partial charge in [-0.15, -0.1) is 11.8 Å². The van der Waals surface area contributed by atoms with Gasteiger partial charge < -0.3 is 5.32 Å². The minimum atomic E-state index is 0.801. The molecule has 21 heavy (non-hydrogen) atoms. The predicted molar refractivity (Wildman–Crippen MR) is 92.7 cm³/mol. The second-order valence-electron chi connectivity index (χ2n) is 4.83. The predicted octanol–water partition coefficient (Wildman–Crippen LogP) is 3.81. The molecule has 1 aliphatic heterocycles. The molecule has 1 N–H and O–H groups in total. The lowest BCUT2D eigenvalue weighted by molar-refractivity contribution is 0.860. The quantitative estimate of drug-likeness (QED) is 0.911. The molecular weight excluding hydrogens is 276 g/mol. The maximum atomic E-state index is 4.74. The average molecular weight is 294 g/mol. The van der Waals surface area contributed by atoms with Crippen molar-refractivity contribution in [3.8, 4) is 0 Å². The van der Waals surface area contributed by atoms with Gasteiger partial charge in [-0.25, -0.2) is 0 Å². The summed E-state index contributed by atoms with van der Waals surface area (Å²) in [4.78, 5) is 4.74. The molecular formula is C18H18N2S. The summed E-state index contributed by atoms with van der Waals surface area (Å²) in [5.74, 6) is 0.905. The molecule has 2 aromatic carbocycles. The van der Waals surface area contributed by atoms with E-state index in [9.17, 15) is 0 Å². The number of hydrogen-bond acceptors (Lipinski definition) is 3. The third-order valence-electron chi connectivity index (χ3n) is 3.34. The molecule has 0 amide bonds. The summed E-state index contributed by atoms with van der Waals surface area (Å²) in [6.45, 7) is 1.66. The maximum absolute atomic E-state index is 4.74. The van der Waals surface area contributed by atoms with Crippen LogP contribution in [0, 0.1) is 0 Å². The minimum absolute atomic E-state index is 0.801. The van der Waals surface area contributed by atoms with Crippen LogP contribution in [-0.2, 0) is 0 Å². The summed E-state index contributed by atoms with van der Waals surface area (Å²) in [6, 6.07) is 20.9. The standard InChI is InChI=1S/C18H18N2S/c1-3-7-15(8-4-1)17-13-21-14-18(20-12-11-19-17)16-9-5-2-6-10-16/h1-10,13,19H,11-12,14H2/b17-13-,20-18?. The van der Waals surface area contributed by atoms with Gasteiger partial charge in [-0.2, -0.15) is 0 Å². The van der Waals surface area contributed by atoms with E-state index < -0.39 is 0 Å². The van der Waals surface area contributed by atoms with Gasteiger partial charge in [0.05, 0.1) is 12.3 Å². The van der Waals surface area contributed by atoms with Crippen molar-refractivity contribution in [1.29, 1.82) is 0 Å². The number of rotatable bonds is 2. The fourth-order valence-electron chi connectivity index (χ4n) is 2.27. The zero-order valence-electron chi connectivity index (χ0n) is 11.8. The highest BCUT2D eigenvalue weighted by Gasteiger charge is 2.07. The number of hydrogen-bond donors (Lipinski definition) is 1. The molecule has 0 saturated carbocycles. The van der Waals surface area contributed by atoms with Crippen LogP contribution in [0.4, 0.5) is 0 Å². The minimum Gasteiger partial charge on any atom is -0.382 e. The lowest BCUT2D eigenvalue weighted by Crippen LogP contribution is -2.16. The van der Waals surface area contributed by atoms with Gasteiger partial charge in [0.25, 0.3) is 0 Å². The van der Waals surface area contributed by atoms with Crippen molar-refractivity contribution in [1.82, 2.24) is 5.32 Å². The third kappa shape index (κ3) is 3.76. The van der Waals surface area contributed by atoms with E-state index in [1.807, 2.05) is 12.1 Å². The molecule has 3 heteroatoms. The Hall–Kier alpha value is -2.00. The first kappa shape index (κ1) is 14.0. The Morgan fingerprint density at radius 2 is 1.52 bits per heavy atom. The van der Waals surface area contributed by atoms with Crippen LogP contribution in [-0.4, -0.2) is 24.6 Å². The van der Waals surface area contributed by atoms with E-state index in [0.29, 0.717) is 0 Å². The van der Waals surface area contributed by atoms with Gasteiger partial charge in [-0.05, 0) is 16.5 Å². The van der Waals surface area contributed by atoms with Gasteiger partial charge in [0.15, 0.2) is 0 Å². The molecule has 0 aliphatic carbocycles. The summed E-state index contributed by atoms with van der Waals surface area (Å²) in [5.41, 5.74) is 4.81. The first-order chi connectivity index (χ1) is 10.4. The Morgan fingerprint density at radius 3 is 2.24 bits per heavy atom. The van der Waals surface area contributed by atoms with Crippen molar-refractivity contribution < 1.29 is 0 Å². The van der Waals surface area contributed by atoms with Crippen LogP contribution in [0.1, 0.15) is 11.1 Å². The van der Waals surface area contributed by atoms with Crippen LogP contribution >= 0.6 is 11.8 Å². The van der Waals surface area contributed by atoms with Gasteiger partial charge in [-0.3, -0.25) is 4.99 Å². The third-order valence-corrected chi connectivity index (χ3v) is 4.19. The van der Waals surface area contributed by atoms with Crippen molar-refractivity contribution in [2.75, 3.05) is 18.8 Å². The van der Waals surface area contributed by atoms with E-state index in [1.54, 1.807) is 11.8 Å². The highest BCUT2D eigenvalue weighted by atomic mass is 32.2. The zero-order valence-corrected chi connectivity index (χ0v) is 12.6. The van der Waals surface area contributed by atoms with E-state index in [2.05, 4.69) is 59.3 Å². The molecule has 0 saturated heterocycles. The van der Waals surface area contributed by atoms with Crippen LogP contribution in [0.25, 0.3) is 5.70 Å². The first-order valence-corrected chi connectivity index (χ1v) is 8.18. The van der Waals surface area contributed by atoms with Gasteiger partial charge >= 0.3 is 0 Å². The van der Waals surface area contributed by atoms with Gasteiger partial charge in [0.1, 0.15) is 0 Å². The topological polar surface area (TPSA) is 24.4 Å². The smallest absolute Gasteiger partial charge is 0.0566 e. The number of nitrogens with one attached hydrogen (secondary N) is 1. The van der Waals surface area contributed by atoms with Crippen LogP contribution in [0.15, 0.2) is 71.1 Å². The van der Waals surface area contributed by atoms with Crippen LogP contribution in [0.5, 0.6) is 0 Å². The highest BCUT2D eigenvalue weighted by molar-refractivity contribution is 8.03. The van der Waals surface area contributed by atoms with Crippen molar-refractivity contribution >= 4 is 23.2 Å². The van der Waals surface area contributed by atoms with E-state index in [0.717, 1.165) is 18.8 Å². The SMILES string of the molecule is C1=C(/c2ccccc2)NCCN=C(c2ccccc2)CS/1. The Bertz CT molecular complexity index is 633. The Balaban J connectivity index is 1.77. The largest absolute Gasteiger partial charge is 0.382 e. The number of thioether (sulfide) groups is 1. The summed E-state index contributed by atoms with van der Waals surface area (Å²) in [5, 5.41) is 5.69. The second kappa shape index (κ2) is 7.14. The normalized spacial score (nSPS) is 18.3. The first-order valence-electron chi connectivity index (χ1n) is 7.13. The monoisotopic (exact) mass is 294 g/mol. The molecule has 0 radical (unpaired) electrons. The Kier molecular flexibility index (Phi) is 4.74. The van der Waals surface area contributed by atoms with Gasteiger partial charge in [-0.1, -0.05) is 60.7 Å². The fraction of sp³-hybridized carbons (Fsp3) is 0.167. The Morgan fingerprint density at radius 1 is 0.857 bits per heavy atom. The molecule has 1 aliphatic rings. The number of aliphatic imine (C=N–C) groups is 1. The van der Waals surface area contributed by atoms with Gasteiger partial charge in [0.2, 0.25) is 0 Å². The zero-order chi connectivity index (χ0) is 14.3. The molecule has 0 bridgehead atoms. The van der Waals surface area contributed by atoms with Crippen molar-refractivity contribution in [2.45, 2.75) is 0 Å². The highest BCUT2D eigenvalue weighted by Crippen LogP contribution is 2.18. The summed E-state index contributed by atoms with van der Waals surface area (Å²) < 4.78 is 0. The molecule has 0 unspecified atom stereocenters. The van der Waals surface area contributed by atoms with Crippen molar-refractivity contribution in [3.05, 3.63) is 77.2 Å². The lowest BCUT2D eigenvalue weighted by Gasteiger charge is -2.09. The Labute approximate surface area is 130 Å². The lowest BCUT2D eigenvalue weighted by atomic mass is 10.1. The van der Waals surface area contributed by atoms with E-state index in [-0.39, 0.29) is 0 Å². The molecule has 3 rings (SSSR count). The van der Waals surface area contributed by atoms with Crippen LogP contribution < -0.4 is 5.32 Å². The molecule has 0 atom stereocenters. The summed E-state index contributed by atoms with van der Waals surface area (Å²) in [6.07, 6.45) is 0. The molecule has 1 heterocycles. The van der Waals surface area contributed by atoms with Crippen LogP contribution in [0.2, 0.25) is 0 Å². The molecule has 0 spiro atoms. The molecule has 2 nitrogen and oxygen atoms in total. The molecule has 0 aromatic heterocycles. The maximum Gasteiger partial charge on any atom is 0.0566 e. The van der Waals surface area contributed by atoms with E-state index >= 15 is 0 Å². The van der Waals surface area contributed by atoms with E-state index in [4.69, 9.17) is 4.99 Å². The fourth-order valence-corrected chi connectivity index (χ4v) is 3.15. The molecule has 2 aromatic rings. The molecule has 106 valence electrons. The summed E-state index contributed by atoms with van der Waals surface area (Å²) in [7, 11) is 0.